The summed E-state index contributed by atoms with van der Waals surface area (Å²) in [6.45, 7) is 0.667. The molecule has 0 bridgehead atoms. The molecule has 1 aromatic heterocycles. The zero-order chi connectivity index (χ0) is 17.5. The normalized spacial score (nSPS) is 10.3. The third kappa shape index (κ3) is 4.60. The van der Waals surface area contributed by atoms with Crippen LogP contribution in [0, 0.1) is 0 Å². The molecule has 0 atom stereocenters. The lowest BCUT2D eigenvalue weighted by Crippen LogP contribution is -2.33. The van der Waals surface area contributed by atoms with Gasteiger partial charge in [0.15, 0.2) is 0 Å². The summed E-state index contributed by atoms with van der Waals surface area (Å²) < 4.78 is 10.1. The lowest BCUT2D eigenvalue weighted by atomic mass is 10.2. The Kier molecular flexibility index (Phi) is 5.31. The Morgan fingerprint density at radius 1 is 1.16 bits per heavy atom. The zero-order valence-corrected chi connectivity index (χ0v) is 13.9. The standard InChI is InChI=1S/C19H19N3O3/c1-24-18-9-5-6-15(12-18)20-19(23)14-22(13-16-10-11-25-21-16)17-7-3-2-4-8-17/h2-12H,13-14H2,1H3,(H,20,23). The van der Waals surface area contributed by atoms with E-state index in [4.69, 9.17) is 9.26 Å². The van der Waals surface area contributed by atoms with Crippen LogP contribution in [0.1, 0.15) is 5.69 Å². The van der Waals surface area contributed by atoms with E-state index in [0.717, 1.165) is 11.4 Å². The van der Waals surface area contributed by atoms with Crippen LogP contribution in [0.25, 0.3) is 0 Å². The van der Waals surface area contributed by atoms with E-state index in [0.29, 0.717) is 18.0 Å². The molecule has 1 heterocycles. The van der Waals surface area contributed by atoms with E-state index in [2.05, 4.69) is 10.5 Å². The Morgan fingerprint density at radius 3 is 2.72 bits per heavy atom. The van der Waals surface area contributed by atoms with Gasteiger partial charge in [-0.25, -0.2) is 0 Å². The topological polar surface area (TPSA) is 67.6 Å². The number of anilines is 2. The van der Waals surface area contributed by atoms with E-state index in [1.165, 1.54) is 6.26 Å². The fourth-order valence-corrected chi connectivity index (χ4v) is 2.47. The maximum absolute atomic E-state index is 12.5. The first-order chi connectivity index (χ1) is 12.2. The number of rotatable bonds is 7. The smallest absolute Gasteiger partial charge is 0.243 e. The van der Waals surface area contributed by atoms with E-state index in [1.54, 1.807) is 19.2 Å². The quantitative estimate of drug-likeness (QED) is 0.716. The highest BCUT2D eigenvalue weighted by Crippen LogP contribution is 2.18. The molecule has 0 saturated heterocycles. The van der Waals surface area contributed by atoms with Gasteiger partial charge in [-0.1, -0.05) is 29.4 Å². The Hall–Kier alpha value is -3.28. The van der Waals surface area contributed by atoms with E-state index in [9.17, 15) is 4.79 Å². The van der Waals surface area contributed by atoms with Crippen LogP contribution in [-0.2, 0) is 11.3 Å². The first-order valence-electron chi connectivity index (χ1n) is 7.88. The zero-order valence-electron chi connectivity index (χ0n) is 13.9. The number of nitrogens with zero attached hydrogens (tertiary/aromatic N) is 2. The lowest BCUT2D eigenvalue weighted by Gasteiger charge is -2.23. The predicted octanol–water partition coefficient (Wildman–Crippen LogP) is 3.33. The van der Waals surface area contributed by atoms with Crippen molar-refractivity contribution in [1.82, 2.24) is 5.16 Å². The lowest BCUT2D eigenvalue weighted by molar-refractivity contribution is -0.115. The Balaban J connectivity index is 1.71. The number of amides is 1. The van der Waals surface area contributed by atoms with Crippen LogP contribution in [0.2, 0.25) is 0 Å². The van der Waals surface area contributed by atoms with Gasteiger partial charge in [0, 0.05) is 23.5 Å². The molecule has 3 rings (SSSR count). The van der Waals surface area contributed by atoms with Gasteiger partial charge in [0.05, 0.1) is 20.2 Å². The molecule has 6 heteroatoms. The molecule has 0 radical (unpaired) electrons. The predicted molar refractivity (Wildman–Crippen MR) is 95.6 cm³/mol. The summed E-state index contributed by atoms with van der Waals surface area (Å²) in [5, 5.41) is 6.82. The van der Waals surface area contributed by atoms with Crippen LogP contribution in [0.15, 0.2) is 71.4 Å². The number of benzene rings is 2. The minimum atomic E-state index is -0.124. The number of nitrogens with one attached hydrogen (secondary N) is 1. The molecular formula is C19H19N3O3. The number of aromatic nitrogens is 1. The molecule has 0 spiro atoms. The monoisotopic (exact) mass is 337 g/mol. The van der Waals surface area contributed by atoms with Gasteiger partial charge >= 0.3 is 0 Å². The molecule has 6 nitrogen and oxygen atoms in total. The Labute approximate surface area is 146 Å². The second-order valence-corrected chi connectivity index (χ2v) is 5.46. The summed E-state index contributed by atoms with van der Waals surface area (Å²) in [6.07, 6.45) is 1.52. The molecule has 0 aliphatic rings. The molecular weight excluding hydrogens is 318 g/mol. The van der Waals surface area contributed by atoms with Gasteiger partial charge in [0.25, 0.3) is 0 Å². The maximum Gasteiger partial charge on any atom is 0.243 e. The van der Waals surface area contributed by atoms with Crippen molar-refractivity contribution < 1.29 is 14.1 Å². The summed E-state index contributed by atoms with van der Waals surface area (Å²) >= 11 is 0. The molecule has 0 aliphatic heterocycles. The van der Waals surface area contributed by atoms with Gasteiger partial charge in [0.2, 0.25) is 5.91 Å². The number of hydrogen-bond donors (Lipinski definition) is 1. The fourth-order valence-electron chi connectivity index (χ4n) is 2.47. The Bertz CT molecular complexity index is 804. The van der Waals surface area contributed by atoms with Gasteiger partial charge in [0.1, 0.15) is 17.7 Å². The van der Waals surface area contributed by atoms with Crippen molar-refractivity contribution in [1.29, 1.82) is 0 Å². The average Bonchev–Trinajstić information content (AvgIpc) is 3.15. The van der Waals surface area contributed by atoms with Crippen LogP contribution in [0.4, 0.5) is 11.4 Å². The van der Waals surface area contributed by atoms with E-state index < -0.39 is 0 Å². The van der Waals surface area contributed by atoms with Crippen molar-refractivity contribution in [3.05, 3.63) is 72.6 Å². The molecule has 1 amide bonds. The van der Waals surface area contributed by atoms with Gasteiger partial charge in [-0.2, -0.15) is 0 Å². The van der Waals surface area contributed by atoms with Crippen molar-refractivity contribution in [2.75, 3.05) is 23.9 Å². The second kappa shape index (κ2) is 8.01. The minimum Gasteiger partial charge on any atom is -0.497 e. The summed E-state index contributed by atoms with van der Waals surface area (Å²) in [5.41, 5.74) is 2.39. The number of para-hydroxylation sites is 1. The number of carbonyl (C=O) groups excluding carboxylic acids is 1. The first-order valence-corrected chi connectivity index (χ1v) is 7.88. The Morgan fingerprint density at radius 2 is 2.00 bits per heavy atom. The van der Waals surface area contributed by atoms with Gasteiger partial charge < -0.3 is 19.5 Å². The third-order valence-corrected chi connectivity index (χ3v) is 3.65. The van der Waals surface area contributed by atoms with Crippen LogP contribution >= 0.6 is 0 Å². The van der Waals surface area contributed by atoms with Crippen molar-refractivity contribution >= 4 is 17.3 Å². The summed E-state index contributed by atoms with van der Waals surface area (Å²) in [4.78, 5) is 14.4. The molecule has 128 valence electrons. The van der Waals surface area contributed by atoms with Crippen molar-refractivity contribution in [2.45, 2.75) is 6.54 Å². The molecule has 1 N–H and O–H groups in total. The third-order valence-electron chi connectivity index (χ3n) is 3.65. The molecule has 0 aliphatic carbocycles. The van der Waals surface area contributed by atoms with Crippen molar-refractivity contribution in [3.63, 3.8) is 0 Å². The van der Waals surface area contributed by atoms with Gasteiger partial charge in [-0.15, -0.1) is 0 Å². The highest BCUT2D eigenvalue weighted by atomic mass is 16.5. The SMILES string of the molecule is COc1cccc(NC(=O)CN(Cc2ccon2)c2ccccc2)c1. The number of hydrogen-bond acceptors (Lipinski definition) is 5. The molecule has 25 heavy (non-hydrogen) atoms. The molecule has 2 aromatic carbocycles. The molecule has 0 unspecified atom stereocenters. The van der Waals surface area contributed by atoms with Crippen molar-refractivity contribution in [3.8, 4) is 5.75 Å². The average molecular weight is 337 g/mol. The largest absolute Gasteiger partial charge is 0.497 e. The highest BCUT2D eigenvalue weighted by Gasteiger charge is 2.14. The van der Waals surface area contributed by atoms with Gasteiger partial charge in [-0.05, 0) is 24.3 Å². The number of methoxy groups -OCH3 is 1. The first kappa shape index (κ1) is 16.6. The minimum absolute atomic E-state index is 0.124. The van der Waals surface area contributed by atoms with Crippen LogP contribution < -0.4 is 15.0 Å². The number of ether oxygens (including phenoxy) is 1. The summed E-state index contributed by atoms with van der Waals surface area (Å²) in [7, 11) is 1.59. The van der Waals surface area contributed by atoms with E-state index in [-0.39, 0.29) is 12.5 Å². The van der Waals surface area contributed by atoms with Crippen LogP contribution in [-0.4, -0.2) is 24.7 Å². The second-order valence-electron chi connectivity index (χ2n) is 5.46. The number of carbonyl (C=O) groups is 1. The van der Waals surface area contributed by atoms with Crippen LogP contribution in [0.3, 0.4) is 0 Å². The van der Waals surface area contributed by atoms with Gasteiger partial charge in [-0.3, -0.25) is 4.79 Å². The molecule has 0 fully saturated rings. The maximum atomic E-state index is 12.5. The highest BCUT2D eigenvalue weighted by molar-refractivity contribution is 5.94. The van der Waals surface area contributed by atoms with E-state index >= 15 is 0 Å². The summed E-state index contributed by atoms with van der Waals surface area (Å²) in [5.74, 6) is 0.570. The van der Waals surface area contributed by atoms with Crippen molar-refractivity contribution in [2.24, 2.45) is 0 Å². The molecule has 3 aromatic rings. The fraction of sp³-hybridized carbons (Fsp3) is 0.158. The van der Waals surface area contributed by atoms with E-state index in [1.807, 2.05) is 53.4 Å². The molecule has 0 saturated carbocycles. The summed E-state index contributed by atoms with van der Waals surface area (Å²) in [6, 6.07) is 18.8. The van der Waals surface area contributed by atoms with Crippen LogP contribution in [0.5, 0.6) is 5.75 Å².